The first kappa shape index (κ1) is 18.8. The molecule has 0 spiro atoms. The molecule has 28 heavy (non-hydrogen) atoms. The van der Waals surface area contributed by atoms with Crippen LogP contribution in [0.1, 0.15) is 60.5 Å². The van der Waals surface area contributed by atoms with E-state index in [-0.39, 0.29) is 36.0 Å². The molecule has 1 aromatic rings. The van der Waals surface area contributed by atoms with Gasteiger partial charge in [0.2, 0.25) is 11.8 Å². The van der Waals surface area contributed by atoms with Crippen molar-refractivity contribution in [1.82, 2.24) is 4.90 Å². The van der Waals surface area contributed by atoms with E-state index in [0.29, 0.717) is 18.4 Å². The van der Waals surface area contributed by atoms with Crippen molar-refractivity contribution < 1.29 is 23.9 Å². The zero-order valence-electron chi connectivity index (χ0n) is 16.1. The predicted molar refractivity (Wildman–Crippen MR) is 101 cm³/mol. The van der Waals surface area contributed by atoms with Gasteiger partial charge < -0.3 is 4.74 Å². The normalized spacial score (nSPS) is 24.7. The first-order valence-corrected chi connectivity index (χ1v) is 10.2. The van der Waals surface area contributed by atoms with Crippen LogP contribution < -0.4 is 0 Å². The minimum absolute atomic E-state index is 0.274. The van der Waals surface area contributed by atoms with Gasteiger partial charge in [0, 0.05) is 5.56 Å². The van der Waals surface area contributed by atoms with Gasteiger partial charge in [-0.1, -0.05) is 25.0 Å². The average molecular weight is 383 g/mol. The van der Waals surface area contributed by atoms with Gasteiger partial charge in [0.1, 0.15) is 6.04 Å². The summed E-state index contributed by atoms with van der Waals surface area (Å²) in [7, 11) is 0. The van der Waals surface area contributed by atoms with Crippen LogP contribution in [0.25, 0.3) is 0 Å². The number of hydrogen-bond donors (Lipinski definition) is 0. The molecule has 3 aliphatic rings. The highest BCUT2D eigenvalue weighted by Crippen LogP contribution is 2.38. The van der Waals surface area contributed by atoms with Crippen molar-refractivity contribution in [3.63, 3.8) is 0 Å². The molecule has 1 saturated carbocycles. The minimum atomic E-state index is -1.00. The fourth-order valence-corrected chi connectivity index (χ4v) is 4.76. The molecular weight excluding hydrogens is 358 g/mol. The van der Waals surface area contributed by atoms with Crippen LogP contribution in [-0.2, 0) is 32.0 Å². The fraction of sp³-hybridized carbons (Fsp3) is 0.545. The van der Waals surface area contributed by atoms with Crippen molar-refractivity contribution in [3.8, 4) is 0 Å². The number of amides is 2. The van der Waals surface area contributed by atoms with Crippen LogP contribution in [0, 0.1) is 11.8 Å². The van der Waals surface area contributed by atoms with E-state index in [1.165, 1.54) is 18.1 Å². The number of Topliss-reactive ketones (excluding diaryl/α,β-unsaturated/α-hetero) is 1. The van der Waals surface area contributed by atoms with E-state index >= 15 is 0 Å². The van der Waals surface area contributed by atoms with E-state index in [1.807, 2.05) is 12.1 Å². The maximum absolute atomic E-state index is 12.6. The number of ether oxygens (including phenoxy) is 1. The van der Waals surface area contributed by atoms with Crippen LogP contribution in [-0.4, -0.2) is 41.1 Å². The second-order valence-electron chi connectivity index (χ2n) is 8.09. The Morgan fingerprint density at radius 3 is 2.36 bits per heavy atom. The number of rotatable bonds is 5. The smallest absolute Gasteiger partial charge is 0.329 e. The quantitative estimate of drug-likeness (QED) is 0.443. The Morgan fingerprint density at radius 2 is 1.68 bits per heavy atom. The van der Waals surface area contributed by atoms with E-state index in [2.05, 4.69) is 0 Å². The second kappa shape index (κ2) is 7.49. The van der Waals surface area contributed by atoms with Crippen molar-refractivity contribution in [3.05, 3.63) is 34.9 Å². The highest BCUT2D eigenvalue weighted by molar-refractivity contribution is 6.08. The van der Waals surface area contributed by atoms with Crippen molar-refractivity contribution in [2.45, 2.75) is 57.9 Å². The van der Waals surface area contributed by atoms with Crippen molar-refractivity contribution >= 4 is 23.6 Å². The lowest BCUT2D eigenvalue weighted by molar-refractivity contribution is -0.157. The third kappa shape index (κ3) is 3.25. The Labute approximate surface area is 164 Å². The molecule has 4 rings (SSSR count). The molecule has 1 saturated heterocycles. The molecule has 0 aromatic heterocycles. The summed E-state index contributed by atoms with van der Waals surface area (Å²) in [4.78, 5) is 51.1. The summed E-state index contributed by atoms with van der Waals surface area (Å²) < 4.78 is 5.17. The largest absolute Gasteiger partial charge is 0.456 e. The van der Waals surface area contributed by atoms with Gasteiger partial charge in [0.25, 0.3) is 0 Å². The topological polar surface area (TPSA) is 80.8 Å². The molecule has 2 amide bonds. The molecule has 148 valence electrons. The van der Waals surface area contributed by atoms with Crippen LogP contribution in [0.3, 0.4) is 0 Å². The Kier molecular flexibility index (Phi) is 5.04. The second-order valence-corrected chi connectivity index (χ2v) is 8.09. The van der Waals surface area contributed by atoms with Crippen molar-refractivity contribution in [2.24, 2.45) is 11.8 Å². The number of benzene rings is 1. The van der Waals surface area contributed by atoms with Crippen LogP contribution in [0.4, 0.5) is 0 Å². The number of carbonyl (C=O) groups is 4. The van der Waals surface area contributed by atoms with Gasteiger partial charge in [0.15, 0.2) is 12.4 Å². The predicted octanol–water partition coefficient (Wildman–Crippen LogP) is 2.46. The lowest BCUT2D eigenvalue weighted by Crippen LogP contribution is -2.44. The van der Waals surface area contributed by atoms with E-state index in [9.17, 15) is 19.2 Å². The molecule has 6 heteroatoms. The number of carbonyl (C=O) groups excluding carboxylic acids is 4. The number of ketones is 1. The molecule has 2 aliphatic carbocycles. The molecule has 0 unspecified atom stereocenters. The summed E-state index contributed by atoms with van der Waals surface area (Å²) in [5.74, 6) is -2.14. The lowest BCUT2D eigenvalue weighted by Gasteiger charge is -2.21. The molecule has 0 bridgehead atoms. The highest BCUT2D eigenvalue weighted by Gasteiger charge is 2.51. The van der Waals surface area contributed by atoms with Crippen LogP contribution in [0.2, 0.25) is 0 Å². The van der Waals surface area contributed by atoms with Gasteiger partial charge in [-0.3, -0.25) is 19.3 Å². The molecule has 1 heterocycles. The van der Waals surface area contributed by atoms with Gasteiger partial charge in [-0.2, -0.15) is 0 Å². The zero-order valence-corrected chi connectivity index (χ0v) is 16.1. The van der Waals surface area contributed by atoms with Gasteiger partial charge in [0.05, 0.1) is 11.8 Å². The highest BCUT2D eigenvalue weighted by atomic mass is 16.5. The number of likely N-dealkylation sites (tertiary alicyclic amines) is 1. The summed E-state index contributed by atoms with van der Waals surface area (Å²) in [5.41, 5.74) is 2.98. The average Bonchev–Trinajstić information content (AvgIpc) is 3.28. The van der Waals surface area contributed by atoms with Crippen LogP contribution in [0.5, 0.6) is 0 Å². The monoisotopic (exact) mass is 383 g/mol. The summed E-state index contributed by atoms with van der Waals surface area (Å²) in [5, 5.41) is 0. The maximum atomic E-state index is 12.6. The van der Waals surface area contributed by atoms with Crippen LogP contribution in [0.15, 0.2) is 18.2 Å². The summed E-state index contributed by atoms with van der Waals surface area (Å²) in [6, 6.07) is 4.60. The molecule has 6 nitrogen and oxygen atoms in total. The Hall–Kier alpha value is -2.50. The molecule has 0 N–H and O–H groups in total. The van der Waals surface area contributed by atoms with Gasteiger partial charge >= 0.3 is 5.97 Å². The summed E-state index contributed by atoms with van der Waals surface area (Å²) in [6.07, 6.45) is 6.36. The molecule has 1 aromatic carbocycles. The first-order valence-electron chi connectivity index (χ1n) is 10.2. The lowest BCUT2D eigenvalue weighted by atomic mass is 9.81. The number of fused-ring (bicyclic) bond motifs is 2. The number of nitrogens with zero attached hydrogens (tertiary/aromatic N) is 1. The number of hydrogen-bond acceptors (Lipinski definition) is 5. The van der Waals surface area contributed by atoms with Gasteiger partial charge in [-0.25, -0.2) is 4.79 Å². The van der Waals surface area contributed by atoms with Gasteiger partial charge in [-0.15, -0.1) is 0 Å². The third-order valence-electron chi connectivity index (χ3n) is 6.37. The first-order chi connectivity index (χ1) is 13.5. The van der Waals surface area contributed by atoms with E-state index < -0.39 is 12.0 Å². The molecule has 0 radical (unpaired) electrons. The summed E-state index contributed by atoms with van der Waals surface area (Å²) in [6.45, 7) is 1.11. The zero-order chi connectivity index (χ0) is 19.8. The molecule has 3 atom stereocenters. The third-order valence-corrected chi connectivity index (χ3v) is 6.37. The number of aryl methyl sites for hydroxylation is 2. The number of imide groups is 1. The van der Waals surface area contributed by atoms with E-state index in [0.717, 1.165) is 37.0 Å². The minimum Gasteiger partial charge on any atom is -0.456 e. The van der Waals surface area contributed by atoms with Gasteiger partial charge in [-0.05, 0) is 56.2 Å². The van der Waals surface area contributed by atoms with E-state index in [4.69, 9.17) is 4.74 Å². The Bertz CT molecular complexity index is 821. The molecular formula is C22H25NO5. The van der Waals surface area contributed by atoms with Crippen molar-refractivity contribution in [2.75, 3.05) is 6.61 Å². The van der Waals surface area contributed by atoms with Crippen molar-refractivity contribution in [1.29, 1.82) is 0 Å². The Morgan fingerprint density at radius 1 is 1.04 bits per heavy atom. The number of esters is 1. The SMILES string of the molecule is C[C@@H](C(=O)OCC(=O)c1ccc2c(c1)CCC2)N1C(=O)[C@@H]2CCCC[C@H]2C1=O. The Balaban J connectivity index is 1.37. The fourth-order valence-electron chi connectivity index (χ4n) is 4.76. The van der Waals surface area contributed by atoms with E-state index in [1.54, 1.807) is 6.07 Å². The molecule has 1 aliphatic heterocycles. The standard InChI is InChI=1S/C22H25NO5/c1-13(23-20(25)17-7-2-3-8-18(17)21(23)26)22(27)28-12-19(24)16-10-9-14-5-4-6-15(14)11-16/h9-11,13,17-18H,2-8,12H2,1H3/t13-,17+,18+/m0/s1. The maximum Gasteiger partial charge on any atom is 0.329 e. The molecule has 2 fully saturated rings. The van der Waals surface area contributed by atoms with Crippen LogP contribution >= 0.6 is 0 Å². The summed E-state index contributed by atoms with van der Waals surface area (Å²) >= 11 is 0.